The quantitative estimate of drug-likeness (QED) is 0.899. The Hall–Kier alpha value is -1.92. The number of halogens is 1. The Morgan fingerprint density at radius 1 is 1.46 bits per heavy atom. The van der Waals surface area contributed by atoms with Gasteiger partial charge in [-0.2, -0.15) is 4.98 Å². The average molecular weight is 349 g/mol. The van der Waals surface area contributed by atoms with Gasteiger partial charge < -0.3 is 14.7 Å². The maximum Gasteiger partial charge on any atom is 0.226 e. The minimum Gasteiger partial charge on any atom is -0.339 e. The lowest BCUT2D eigenvalue weighted by molar-refractivity contribution is -0.134. The van der Waals surface area contributed by atoms with Gasteiger partial charge in [-0.1, -0.05) is 35.0 Å². The number of rotatable bonds is 5. The van der Waals surface area contributed by atoms with Crippen LogP contribution in [0.4, 0.5) is 0 Å². The monoisotopic (exact) mass is 348 g/mol. The third-order valence-electron chi connectivity index (χ3n) is 4.18. The molecule has 0 aliphatic carbocycles. The molecule has 2 heterocycles. The summed E-state index contributed by atoms with van der Waals surface area (Å²) in [6.07, 6.45) is 1.78. The fourth-order valence-corrected chi connectivity index (χ4v) is 3.26. The second-order valence-electron chi connectivity index (χ2n) is 5.92. The molecular weight excluding hydrogens is 328 g/mol. The summed E-state index contributed by atoms with van der Waals surface area (Å²) in [5, 5.41) is 7.80. The van der Waals surface area contributed by atoms with Gasteiger partial charge >= 0.3 is 0 Å². The van der Waals surface area contributed by atoms with Gasteiger partial charge in [-0.15, -0.1) is 0 Å². The molecule has 0 saturated carbocycles. The Morgan fingerprint density at radius 3 is 3.04 bits per heavy atom. The van der Waals surface area contributed by atoms with E-state index >= 15 is 0 Å². The third-order valence-corrected chi connectivity index (χ3v) is 4.52. The van der Waals surface area contributed by atoms with Crippen LogP contribution >= 0.6 is 11.6 Å². The van der Waals surface area contributed by atoms with E-state index in [2.05, 4.69) is 15.5 Å². The molecule has 7 heteroatoms. The van der Waals surface area contributed by atoms with E-state index in [4.69, 9.17) is 16.1 Å². The molecule has 6 nitrogen and oxygen atoms in total. The number of aryl methyl sites for hydroxylation is 2. The van der Waals surface area contributed by atoms with Crippen LogP contribution in [0.25, 0.3) is 0 Å². The molecular formula is C17H21ClN4O2. The standard InChI is InChI=1S/C17H21ClN4O2/c1-12-20-16(24-21-12)7-4-8-17(23)22-10-9-19-11-15(22)13-5-2-3-6-14(13)18/h2-3,5-6,15,19H,4,7-11H2,1H3. The van der Waals surface area contributed by atoms with Crippen molar-refractivity contribution in [2.45, 2.75) is 32.2 Å². The van der Waals surface area contributed by atoms with Gasteiger partial charge in [0.05, 0.1) is 6.04 Å². The first-order chi connectivity index (χ1) is 11.6. The van der Waals surface area contributed by atoms with Gasteiger partial charge in [-0.25, -0.2) is 0 Å². The summed E-state index contributed by atoms with van der Waals surface area (Å²) < 4.78 is 5.08. The Labute approximate surface area is 146 Å². The van der Waals surface area contributed by atoms with E-state index in [1.807, 2.05) is 29.2 Å². The van der Waals surface area contributed by atoms with Gasteiger partial charge in [0.25, 0.3) is 0 Å². The highest BCUT2D eigenvalue weighted by molar-refractivity contribution is 6.31. The van der Waals surface area contributed by atoms with E-state index < -0.39 is 0 Å². The summed E-state index contributed by atoms with van der Waals surface area (Å²) in [4.78, 5) is 18.8. The highest BCUT2D eigenvalue weighted by atomic mass is 35.5. The maximum absolute atomic E-state index is 12.7. The van der Waals surface area contributed by atoms with Crippen molar-refractivity contribution in [3.8, 4) is 0 Å². The normalized spacial score (nSPS) is 17.9. The summed E-state index contributed by atoms with van der Waals surface area (Å²) in [5.41, 5.74) is 0.993. The Morgan fingerprint density at radius 2 is 2.29 bits per heavy atom. The first kappa shape index (κ1) is 16.9. The molecule has 0 radical (unpaired) electrons. The second kappa shape index (κ2) is 7.77. The lowest BCUT2D eigenvalue weighted by atomic mass is 10.0. The molecule has 0 bridgehead atoms. The highest BCUT2D eigenvalue weighted by Gasteiger charge is 2.28. The molecule has 3 rings (SSSR count). The van der Waals surface area contributed by atoms with E-state index in [0.29, 0.717) is 42.5 Å². The number of benzene rings is 1. The average Bonchev–Trinajstić information content (AvgIpc) is 3.00. The molecule has 1 aromatic carbocycles. The molecule has 1 saturated heterocycles. The topological polar surface area (TPSA) is 71.3 Å². The predicted octanol–water partition coefficient (Wildman–Crippen LogP) is 2.53. The minimum atomic E-state index is -0.0226. The van der Waals surface area contributed by atoms with Crippen molar-refractivity contribution >= 4 is 17.5 Å². The summed E-state index contributed by atoms with van der Waals surface area (Å²) in [5.74, 6) is 1.35. The first-order valence-corrected chi connectivity index (χ1v) is 8.57. The van der Waals surface area contributed by atoms with Crippen molar-refractivity contribution in [3.05, 3.63) is 46.6 Å². The van der Waals surface area contributed by atoms with E-state index in [1.165, 1.54) is 0 Å². The van der Waals surface area contributed by atoms with Gasteiger partial charge in [-0.3, -0.25) is 4.79 Å². The SMILES string of the molecule is Cc1noc(CCCC(=O)N2CCNCC2c2ccccc2Cl)n1. The maximum atomic E-state index is 12.7. The number of hydrogen-bond donors (Lipinski definition) is 1. The molecule has 1 unspecified atom stereocenters. The van der Waals surface area contributed by atoms with Gasteiger partial charge in [0.15, 0.2) is 5.82 Å². The van der Waals surface area contributed by atoms with Crippen molar-refractivity contribution < 1.29 is 9.32 Å². The van der Waals surface area contributed by atoms with Crippen LogP contribution in [0.3, 0.4) is 0 Å². The molecule has 1 N–H and O–H groups in total. The zero-order valence-electron chi connectivity index (χ0n) is 13.7. The van der Waals surface area contributed by atoms with Crippen LogP contribution in [0, 0.1) is 6.92 Å². The van der Waals surface area contributed by atoms with E-state index in [0.717, 1.165) is 18.7 Å². The predicted molar refractivity (Wildman–Crippen MR) is 90.7 cm³/mol. The number of nitrogens with zero attached hydrogens (tertiary/aromatic N) is 3. The fraction of sp³-hybridized carbons (Fsp3) is 0.471. The van der Waals surface area contributed by atoms with Crippen LogP contribution in [0.1, 0.15) is 36.2 Å². The van der Waals surface area contributed by atoms with Crippen molar-refractivity contribution in [1.29, 1.82) is 0 Å². The highest BCUT2D eigenvalue weighted by Crippen LogP contribution is 2.29. The smallest absolute Gasteiger partial charge is 0.226 e. The van der Waals surface area contributed by atoms with Crippen molar-refractivity contribution in [2.75, 3.05) is 19.6 Å². The molecule has 128 valence electrons. The molecule has 1 aliphatic heterocycles. The summed E-state index contributed by atoms with van der Waals surface area (Å²) in [6, 6.07) is 7.69. The van der Waals surface area contributed by atoms with Crippen LogP contribution in [-0.4, -0.2) is 40.6 Å². The number of piperazine rings is 1. The largest absolute Gasteiger partial charge is 0.339 e. The van der Waals surface area contributed by atoms with Crippen LogP contribution in [0.5, 0.6) is 0 Å². The number of carbonyl (C=O) groups excluding carboxylic acids is 1. The number of hydrogen-bond acceptors (Lipinski definition) is 5. The van der Waals surface area contributed by atoms with Crippen LogP contribution in [0.15, 0.2) is 28.8 Å². The lowest BCUT2D eigenvalue weighted by Gasteiger charge is -2.37. The first-order valence-electron chi connectivity index (χ1n) is 8.19. The molecule has 1 aromatic heterocycles. The summed E-state index contributed by atoms with van der Waals surface area (Å²) in [7, 11) is 0. The van der Waals surface area contributed by atoms with Gasteiger partial charge in [-0.05, 0) is 25.0 Å². The zero-order valence-corrected chi connectivity index (χ0v) is 14.4. The molecule has 1 amide bonds. The summed E-state index contributed by atoms with van der Waals surface area (Å²) in [6.45, 7) is 4.00. The van der Waals surface area contributed by atoms with Crippen molar-refractivity contribution in [1.82, 2.24) is 20.4 Å². The van der Waals surface area contributed by atoms with Gasteiger partial charge in [0.1, 0.15) is 0 Å². The zero-order chi connectivity index (χ0) is 16.9. The minimum absolute atomic E-state index is 0.0226. The second-order valence-corrected chi connectivity index (χ2v) is 6.32. The molecule has 0 spiro atoms. The molecule has 1 fully saturated rings. The lowest BCUT2D eigenvalue weighted by Crippen LogP contribution is -2.48. The number of amides is 1. The molecule has 1 aliphatic rings. The number of carbonyl (C=O) groups is 1. The number of aromatic nitrogens is 2. The molecule has 2 aromatic rings. The van der Waals surface area contributed by atoms with E-state index in [-0.39, 0.29) is 11.9 Å². The summed E-state index contributed by atoms with van der Waals surface area (Å²) >= 11 is 6.32. The van der Waals surface area contributed by atoms with Crippen LogP contribution in [0.2, 0.25) is 5.02 Å². The molecule has 1 atom stereocenters. The van der Waals surface area contributed by atoms with E-state index in [1.54, 1.807) is 6.92 Å². The van der Waals surface area contributed by atoms with Crippen molar-refractivity contribution in [2.24, 2.45) is 0 Å². The Balaban J connectivity index is 1.62. The van der Waals surface area contributed by atoms with Gasteiger partial charge in [0.2, 0.25) is 11.8 Å². The van der Waals surface area contributed by atoms with Gasteiger partial charge in [0, 0.05) is 37.5 Å². The van der Waals surface area contributed by atoms with E-state index in [9.17, 15) is 4.79 Å². The van der Waals surface area contributed by atoms with Crippen LogP contribution in [-0.2, 0) is 11.2 Å². The Kier molecular flexibility index (Phi) is 5.48. The Bertz CT molecular complexity index is 703. The number of nitrogens with one attached hydrogen (secondary N) is 1. The van der Waals surface area contributed by atoms with Crippen molar-refractivity contribution in [3.63, 3.8) is 0 Å². The third kappa shape index (κ3) is 3.94. The molecule has 24 heavy (non-hydrogen) atoms. The van der Waals surface area contributed by atoms with Crippen LogP contribution < -0.4 is 5.32 Å². The fourth-order valence-electron chi connectivity index (χ4n) is 3.00.